The molecule has 3 rings (SSSR count). The van der Waals surface area contributed by atoms with E-state index in [1.54, 1.807) is 29.3 Å². The smallest absolute Gasteiger partial charge is 0.341 e. The molecule has 0 aliphatic heterocycles. The van der Waals surface area contributed by atoms with Gasteiger partial charge >= 0.3 is 5.97 Å². The zero-order chi connectivity index (χ0) is 14.1. The minimum atomic E-state index is -0.303. The number of carbonyl (C=O) groups excluding carboxylic acids is 1. The number of fused-ring (bicyclic) bond motifs is 1. The second-order valence-electron chi connectivity index (χ2n) is 4.96. The molecule has 0 bridgehead atoms. The third-order valence-electron chi connectivity index (χ3n) is 3.44. The van der Waals surface area contributed by atoms with E-state index in [0.717, 1.165) is 41.3 Å². The molecule has 0 N–H and O–H groups in total. The molecule has 1 aliphatic carbocycles. The second-order valence-corrected chi connectivity index (χ2v) is 6.08. The van der Waals surface area contributed by atoms with Crippen LogP contribution < -0.4 is 0 Å². The van der Waals surface area contributed by atoms with Crippen LogP contribution in [0.1, 0.15) is 51.8 Å². The Morgan fingerprint density at radius 1 is 1.60 bits per heavy atom. The number of carbonyl (C=O) groups is 1. The quantitative estimate of drug-likeness (QED) is 0.816. The van der Waals surface area contributed by atoms with Crippen molar-refractivity contribution in [1.82, 2.24) is 14.8 Å². The Hall–Kier alpha value is -1.69. The zero-order valence-electron chi connectivity index (χ0n) is 11.6. The number of ether oxygens (including phenoxy) is 1. The molecule has 0 spiro atoms. The maximum absolute atomic E-state index is 12.1. The summed E-state index contributed by atoms with van der Waals surface area (Å²) in [6.07, 6.45) is 6.89. The lowest BCUT2D eigenvalue weighted by molar-refractivity contribution is 0.0265. The van der Waals surface area contributed by atoms with E-state index in [1.165, 1.54) is 6.20 Å². The number of aryl methyl sites for hydroxylation is 3. The van der Waals surface area contributed by atoms with Gasteiger partial charge in [-0.25, -0.2) is 9.78 Å². The fourth-order valence-electron chi connectivity index (χ4n) is 2.42. The van der Waals surface area contributed by atoms with Gasteiger partial charge in [-0.05, 0) is 25.7 Å². The van der Waals surface area contributed by atoms with Crippen LogP contribution in [0.5, 0.6) is 0 Å². The topological polar surface area (TPSA) is 57.0 Å². The van der Waals surface area contributed by atoms with Gasteiger partial charge in [0.05, 0.1) is 27.3 Å². The molecule has 2 heterocycles. The molecular weight excluding hydrogens is 274 g/mol. The fourth-order valence-corrected chi connectivity index (χ4v) is 3.54. The van der Waals surface area contributed by atoms with Crippen LogP contribution in [-0.2, 0) is 24.6 Å². The number of hydrogen-bond acceptors (Lipinski definition) is 5. The summed E-state index contributed by atoms with van der Waals surface area (Å²) in [7, 11) is 1.78. The van der Waals surface area contributed by atoms with Gasteiger partial charge in [0.1, 0.15) is 6.10 Å². The largest absolute Gasteiger partial charge is 0.453 e. The Kier molecular flexibility index (Phi) is 3.56. The number of aromatic nitrogens is 3. The van der Waals surface area contributed by atoms with Crippen LogP contribution >= 0.6 is 11.3 Å². The van der Waals surface area contributed by atoms with E-state index in [-0.39, 0.29) is 12.1 Å². The van der Waals surface area contributed by atoms with Gasteiger partial charge < -0.3 is 4.74 Å². The van der Waals surface area contributed by atoms with Gasteiger partial charge in [-0.3, -0.25) is 4.68 Å². The van der Waals surface area contributed by atoms with Crippen molar-refractivity contribution < 1.29 is 9.53 Å². The molecule has 0 amide bonds. The number of rotatable bonds is 3. The maximum atomic E-state index is 12.1. The van der Waals surface area contributed by atoms with Crippen LogP contribution in [0.3, 0.4) is 0 Å². The summed E-state index contributed by atoms with van der Waals surface area (Å²) in [5.74, 6) is -0.303. The standard InChI is InChI=1S/C14H17N3O2S/c1-3-12-16-10-5-4-6-11(13(10)20-12)19-14(18)9-7-15-17(2)8-9/h7-8,11H,3-6H2,1-2H3/t11-/m0/s1. The average molecular weight is 291 g/mol. The summed E-state index contributed by atoms with van der Waals surface area (Å²) in [5.41, 5.74) is 1.61. The Balaban J connectivity index is 1.79. The van der Waals surface area contributed by atoms with Crippen LogP contribution in [0.25, 0.3) is 0 Å². The first kappa shape index (κ1) is 13.3. The number of thiazole rings is 1. The van der Waals surface area contributed by atoms with Crippen LogP contribution in [0.2, 0.25) is 0 Å². The highest BCUT2D eigenvalue weighted by Gasteiger charge is 2.28. The third kappa shape index (κ3) is 2.47. The Morgan fingerprint density at radius 3 is 3.15 bits per heavy atom. The number of nitrogens with zero attached hydrogens (tertiary/aromatic N) is 3. The van der Waals surface area contributed by atoms with Crippen molar-refractivity contribution in [2.24, 2.45) is 7.05 Å². The zero-order valence-corrected chi connectivity index (χ0v) is 12.4. The molecule has 0 radical (unpaired) electrons. The van der Waals surface area contributed by atoms with Gasteiger partial charge in [0.25, 0.3) is 0 Å². The molecule has 0 saturated heterocycles. The number of hydrogen-bond donors (Lipinski definition) is 0. The average Bonchev–Trinajstić information content (AvgIpc) is 3.05. The predicted molar refractivity (Wildman–Crippen MR) is 75.8 cm³/mol. The van der Waals surface area contributed by atoms with E-state index in [4.69, 9.17) is 4.74 Å². The van der Waals surface area contributed by atoms with E-state index < -0.39 is 0 Å². The van der Waals surface area contributed by atoms with Crippen LogP contribution in [0.4, 0.5) is 0 Å². The molecule has 5 nitrogen and oxygen atoms in total. The van der Waals surface area contributed by atoms with E-state index in [2.05, 4.69) is 17.0 Å². The Labute approximate surface area is 121 Å². The maximum Gasteiger partial charge on any atom is 0.341 e. The minimum Gasteiger partial charge on any atom is -0.453 e. The van der Waals surface area contributed by atoms with E-state index in [1.807, 2.05) is 0 Å². The highest BCUT2D eigenvalue weighted by atomic mass is 32.1. The SMILES string of the molecule is CCc1nc2c(s1)[C@@H](OC(=O)c1cnn(C)c1)CCC2. The lowest BCUT2D eigenvalue weighted by Gasteiger charge is -2.21. The predicted octanol–water partition coefficient (Wildman–Crippen LogP) is 2.67. The van der Waals surface area contributed by atoms with Crippen molar-refractivity contribution in [2.45, 2.75) is 38.7 Å². The molecule has 6 heteroatoms. The molecule has 1 atom stereocenters. The lowest BCUT2D eigenvalue weighted by atomic mass is 10.0. The van der Waals surface area contributed by atoms with Gasteiger partial charge in [-0.15, -0.1) is 11.3 Å². The third-order valence-corrected chi connectivity index (χ3v) is 4.77. The lowest BCUT2D eigenvalue weighted by Crippen LogP contribution is -2.15. The summed E-state index contributed by atoms with van der Waals surface area (Å²) >= 11 is 1.68. The molecule has 1 aliphatic rings. The summed E-state index contributed by atoms with van der Waals surface area (Å²) in [4.78, 5) is 17.9. The van der Waals surface area contributed by atoms with E-state index in [0.29, 0.717) is 5.56 Å². The summed E-state index contributed by atoms with van der Waals surface area (Å²) in [5, 5.41) is 5.12. The second kappa shape index (κ2) is 5.36. The molecule has 20 heavy (non-hydrogen) atoms. The molecule has 106 valence electrons. The van der Waals surface area contributed by atoms with Crippen molar-refractivity contribution in [3.8, 4) is 0 Å². The van der Waals surface area contributed by atoms with Crippen molar-refractivity contribution >= 4 is 17.3 Å². The van der Waals surface area contributed by atoms with Crippen molar-refractivity contribution in [3.63, 3.8) is 0 Å². The van der Waals surface area contributed by atoms with Crippen molar-refractivity contribution in [2.75, 3.05) is 0 Å². The molecule has 0 aromatic carbocycles. The highest BCUT2D eigenvalue weighted by Crippen LogP contribution is 2.37. The first-order chi connectivity index (χ1) is 9.67. The van der Waals surface area contributed by atoms with Gasteiger partial charge in [-0.2, -0.15) is 5.10 Å². The summed E-state index contributed by atoms with van der Waals surface area (Å²) in [6, 6.07) is 0. The molecule has 0 fully saturated rings. The Morgan fingerprint density at radius 2 is 2.45 bits per heavy atom. The molecular formula is C14H17N3O2S. The monoisotopic (exact) mass is 291 g/mol. The van der Waals surface area contributed by atoms with Gasteiger partial charge in [-0.1, -0.05) is 6.92 Å². The Bertz CT molecular complexity index is 632. The summed E-state index contributed by atoms with van der Waals surface area (Å²) < 4.78 is 7.26. The van der Waals surface area contributed by atoms with Crippen molar-refractivity contribution in [3.05, 3.63) is 33.5 Å². The van der Waals surface area contributed by atoms with Crippen LogP contribution in [-0.4, -0.2) is 20.7 Å². The minimum absolute atomic E-state index is 0.149. The van der Waals surface area contributed by atoms with Gasteiger partial charge in [0.15, 0.2) is 0 Å². The van der Waals surface area contributed by atoms with Gasteiger partial charge in [0, 0.05) is 13.2 Å². The first-order valence-electron chi connectivity index (χ1n) is 6.85. The van der Waals surface area contributed by atoms with Crippen LogP contribution in [0.15, 0.2) is 12.4 Å². The normalized spacial score (nSPS) is 17.8. The number of esters is 1. The first-order valence-corrected chi connectivity index (χ1v) is 7.67. The van der Waals surface area contributed by atoms with E-state index >= 15 is 0 Å². The van der Waals surface area contributed by atoms with Crippen LogP contribution in [0, 0.1) is 0 Å². The van der Waals surface area contributed by atoms with Gasteiger partial charge in [0.2, 0.25) is 0 Å². The molecule has 0 saturated carbocycles. The molecule has 2 aromatic heterocycles. The van der Waals surface area contributed by atoms with E-state index in [9.17, 15) is 4.79 Å². The van der Waals surface area contributed by atoms with Crippen molar-refractivity contribution in [1.29, 1.82) is 0 Å². The highest BCUT2D eigenvalue weighted by molar-refractivity contribution is 7.11. The summed E-state index contributed by atoms with van der Waals surface area (Å²) in [6.45, 7) is 2.10. The molecule has 2 aromatic rings. The fraction of sp³-hybridized carbons (Fsp3) is 0.500. The molecule has 0 unspecified atom stereocenters.